The highest BCUT2D eigenvalue weighted by atomic mass is 16.2. The summed E-state index contributed by atoms with van der Waals surface area (Å²) in [6.45, 7) is 3.48. The van der Waals surface area contributed by atoms with Gasteiger partial charge in [0, 0.05) is 54.7 Å². The Kier molecular flexibility index (Phi) is 4.62. The van der Waals surface area contributed by atoms with E-state index in [0.717, 1.165) is 5.52 Å². The Balaban J connectivity index is 1.48. The van der Waals surface area contributed by atoms with E-state index in [4.69, 9.17) is 6.42 Å². The van der Waals surface area contributed by atoms with Gasteiger partial charge in [-0.05, 0) is 43.3 Å². The Morgan fingerprint density at radius 3 is 2.64 bits per heavy atom. The van der Waals surface area contributed by atoms with Crippen LogP contribution in [0.15, 0.2) is 60.9 Å². The first-order valence-electron chi connectivity index (χ1n) is 9.30. The maximum Gasteiger partial charge on any atom is 0.255 e. The van der Waals surface area contributed by atoms with Gasteiger partial charge in [-0.15, -0.1) is 6.42 Å². The van der Waals surface area contributed by atoms with Crippen LogP contribution < -0.4 is 0 Å². The fraction of sp³-hybridized carbons (Fsp3) is 0.217. The van der Waals surface area contributed by atoms with E-state index in [-0.39, 0.29) is 17.9 Å². The summed E-state index contributed by atoms with van der Waals surface area (Å²) in [5.41, 5.74) is 2.93. The molecule has 5 heteroatoms. The first-order valence-corrected chi connectivity index (χ1v) is 9.30. The number of pyridine rings is 1. The number of carbonyl (C=O) groups is 2. The monoisotopic (exact) mass is 371 g/mol. The lowest BCUT2D eigenvalue weighted by Crippen LogP contribution is -2.55. The zero-order valence-electron chi connectivity index (χ0n) is 15.7. The van der Waals surface area contributed by atoms with Gasteiger partial charge in [0.15, 0.2) is 0 Å². The maximum atomic E-state index is 13.0. The van der Waals surface area contributed by atoms with Gasteiger partial charge in [-0.25, -0.2) is 0 Å². The molecule has 0 spiro atoms. The molecule has 0 saturated carbocycles. The lowest BCUT2D eigenvalue weighted by Gasteiger charge is -2.39. The van der Waals surface area contributed by atoms with Crippen LogP contribution >= 0.6 is 0 Å². The van der Waals surface area contributed by atoms with E-state index in [1.807, 2.05) is 52.9 Å². The highest BCUT2D eigenvalue weighted by Crippen LogP contribution is 2.18. The first-order chi connectivity index (χ1) is 13.6. The fourth-order valence-electron chi connectivity index (χ4n) is 3.71. The van der Waals surface area contributed by atoms with Crippen LogP contribution in [0.4, 0.5) is 0 Å². The fourth-order valence-corrected chi connectivity index (χ4v) is 3.71. The van der Waals surface area contributed by atoms with Crippen LogP contribution in [-0.2, 0) is 0 Å². The molecule has 1 unspecified atom stereocenters. The van der Waals surface area contributed by atoms with Gasteiger partial charge in [-0.1, -0.05) is 18.1 Å². The summed E-state index contributed by atoms with van der Waals surface area (Å²) in [5.74, 6) is 2.51. The van der Waals surface area contributed by atoms with Crippen molar-refractivity contribution in [2.24, 2.45) is 0 Å². The van der Waals surface area contributed by atoms with Crippen LogP contribution in [0, 0.1) is 12.3 Å². The predicted octanol–water partition coefficient (Wildman–Crippen LogP) is 2.91. The molecule has 2 amide bonds. The number of fused-ring (bicyclic) bond motifs is 1. The molecule has 2 aromatic heterocycles. The molecule has 5 nitrogen and oxygen atoms in total. The number of hydrogen-bond donors (Lipinski definition) is 0. The van der Waals surface area contributed by atoms with Crippen molar-refractivity contribution in [2.45, 2.75) is 13.0 Å². The minimum Gasteiger partial charge on any atom is -0.335 e. The number of hydrogen-bond acceptors (Lipinski definition) is 2. The van der Waals surface area contributed by atoms with E-state index in [9.17, 15) is 9.59 Å². The molecule has 1 saturated heterocycles. The van der Waals surface area contributed by atoms with Crippen LogP contribution in [0.1, 0.15) is 33.2 Å². The molecule has 1 atom stereocenters. The molecule has 1 fully saturated rings. The molecule has 3 heterocycles. The number of amides is 2. The summed E-state index contributed by atoms with van der Waals surface area (Å²) in [6, 6.07) is 14.8. The molecule has 1 aliphatic rings. The van der Waals surface area contributed by atoms with Crippen molar-refractivity contribution in [3.05, 3.63) is 77.6 Å². The van der Waals surface area contributed by atoms with Crippen LogP contribution in [-0.4, -0.2) is 51.7 Å². The number of aromatic nitrogens is 1. The van der Waals surface area contributed by atoms with Crippen molar-refractivity contribution < 1.29 is 9.59 Å². The Morgan fingerprint density at radius 1 is 1.04 bits per heavy atom. The summed E-state index contributed by atoms with van der Waals surface area (Å²) >= 11 is 0. The molecule has 0 aliphatic carbocycles. The highest BCUT2D eigenvalue weighted by Gasteiger charge is 2.31. The summed E-state index contributed by atoms with van der Waals surface area (Å²) in [4.78, 5) is 29.5. The van der Waals surface area contributed by atoms with Crippen LogP contribution in [0.5, 0.6) is 0 Å². The van der Waals surface area contributed by atoms with Gasteiger partial charge in [-0.2, -0.15) is 0 Å². The number of nitrogens with zero attached hydrogens (tertiary/aromatic N) is 3. The third kappa shape index (κ3) is 3.25. The second kappa shape index (κ2) is 7.24. The Morgan fingerprint density at radius 2 is 1.89 bits per heavy atom. The number of piperazine rings is 1. The van der Waals surface area contributed by atoms with Gasteiger partial charge in [-0.3, -0.25) is 9.59 Å². The molecule has 0 N–H and O–H groups in total. The van der Waals surface area contributed by atoms with Gasteiger partial charge in [0.05, 0.1) is 5.56 Å². The maximum absolute atomic E-state index is 13.0. The zero-order chi connectivity index (χ0) is 19.7. The number of carbonyl (C=O) groups excluding carboxylic acids is 2. The molecule has 140 valence electrons. The molecule has 0 radical (unpaired) electrons. The average molecular weight is 371 g/mol. The Labute approximate surface area is 164 Å². The molecule has 0 bridgehead atoms. The molecule has 28 heavy (non-hydrogen) atoms. The van der Waals surface area contributed by atoms with E-state index in [1.165, 1.54) is 0 Å². The van der Waals surface area contributed by atoms with Gasteiger partial charge < -0.3 is 14.2 Å². The van der Waals surface area contributed by atoms with Crippen molar-refractivity contribution in [3.8, 4) is 12.3 Å². The average Bonchev–Trinajstić information content (AvgIpc) is 3.17. The Hall–Kier alpha value is -3.52. The van der Waals surface area contributed by atoms with E-state index in [1.54, 1.807) is 29.2 Å². The standard InChI is InChI=1S/C23H21N3O2/c1-3-18-7-6-8-19(13-18)22(27)25-11-12-26(17(2)15-25)23(28)20-14-21-9-4-5-10-24(21)16-20/h1,4-10,13-14,16-17H,11-12,15H2,2H3. The van der Waals surface area contributed by atoms with Gasteiger partial charge in [0.25, 0.3) is 11.8 Å². The van der Waals surface area contributed by atoms with Crippen molar-refractivity contribution >= 4 is 17.3 Å². The lowest BCUT2D eigenvalue weighted by molar-refractivity contribution is 0.0414. The second-order valence-electron chi connectivity index (χ2n) is 7.09. The van der Waals surface area contributed by atoms with Gasteiger partial charge in [0.2, 0.25) is 0 Å². The summed E-state index contributed by atoms with van der Waals surface area (Å²) in [5, 5.41) is 0. The normalized spacial score (nSPS) is 16.8. The van der Waals surface area contributed by atoms with Crippen molar-refractivity contribution in [1.82, 2.24) is 14.2 Å². The third-order valence-corrected chi connectivity index (χ3v) is 5.20. The molecule has 4 rings (SSSR count). The molecular weight excluding hydrogens is 350 g/mol. The van der Waals surface area contributed by atoms with E-state index < -0.39 is 0 Å². The topological polar surface area (TPSA) is 45.0 Å². The predicted molar refractivity (Wildman–Crippen MR) is 108 cm³/mol. The van der Waals surface area contributed by atoms with E-state index >= 15 is 0 Å². The van der Waals surface area contributed by atoms with Crippen molar-refractivity contribution in [2.75, 3.05) is 19.6 Å². The van der Waals surface area contributed by atoms with E-state index in [0.29, 0.717) is 36.3 Å². The van der Waals surface area contributed by atoms with Gasteiger partial charge >= 0.3 is 0 Å². The van der Waals surface area contributed by atoms with E-state index in [2.05, 4.69) is 5.92 Å². The number of rotatable bonds is 2. The largest absolute Gasteiger partial charge is 0.335 e. The summed E-state index contributed by atoms with van der Waals surface area (Å²) in [7, 11) is 0. The molecule has 1 aromatic carbocycles. The molecular formula is C23H21N3O2. The quantitative estimate of drug-likeness (QED) is 0.650. The second-order valence-corrected chi connectivity index (χ2v) is 7.09. The van der Waals surface area contributed by atoms with Crippen LogP contribution in [0.2, 0.25) is 0 Å². The minimum atomic E-state index is -0.0657. The Bertz CT molecular complexity index is 1060. The smallest absolute Gasteiger partial charge is 0.255 e. The molecule has 3 aromatic rings. The van der Waals surface area contributed by atoms with Crippen molar-refractivity contribution in [1.29, 1.82) is 0 Å². The molecule has 1 aliphatic heterocycles. The summed E-state index contributed by atoms with van der Waals surface area (Å²) < 4.78 is 1.94. The van der Waals surface area contributed by atoms with Crippen molar-refractivity contribution in [3.63, 3.8) is 0 Å². The van der Waals surface area contributed by atoms with Gasteiger partial charge in [0.1, 0.15) is 0 Å². The third-order valence-electron chi connectivity index (χ3n) is 5.20. The highest BCUT2D eigenvalue weighted by molar-refractivity contribution is 5.97. The van der Waals surface area contributed by atoms with Crippen LogP contribution in [0.25, 0.3) is 5.52 Å². The lowest BCUT2D eigenvalue weighted by atomic mass is 10.1. The number of terminal acetylenes is 1. The summed E-state index contributed by atoms with van der Waals surface area (Å²) in [6.07, 6.45) is 9.21. The SMILES string of the molecule is C#Cc1cccc(C(=O)N2CCN(C(=O)c3cc4ccccn4c3)C(C)C2)c1. The zero-order valence-corrected chi connectivity index (χ0v) is 15.7. The number of benzene rings is 1. The minimum absolute atomic E-state index is 0.00220. The van der Waals surface area contributed by atoms with Crippen LogP contribution in [0.3, 0.4) is 0 Å². The first kappa shape index (κ1) is 17.9.